The summed E-state index contributed by atoms with van der Waals surface area (Å²) in [5.41, 5.74) is 5.97. The van der Waals surface area contributed by atoms with Crippen molar-refractivity contribution < 1.29 is 4.39 Å². The fraction of sp³-hybridized carbons (Fsp3) is 0.167. The Morgan fingerprint density at radius 1 is 1.12 bits per heavy atom. The van der Waals surface area contributed by atoms with E-state index in [-0.39, 0.29) is 14.5 Å². The zero-order valence-corrected chi connectivity index (χ0v) is 19.5. The maximum Gasteiger partial charge on any atom is 0.128 e. The number of nitrogens with one attached hydrogen (secondary N) is 1. The quantitative estimate of drug-likeness (QED) is 0.387. The molecule has 0 bridgehead atoms. The lowest BCUT2D eigenvalue weighted by atomic mass is 10.1. The zero-order chi connectivity index (χ0) is 22.8. The van der Waals surface area contributed by atoms with Crippen LogP contribution >= 0.6 is 19.5 Å². The van der Waals surface area contributed by atoms with Crippen molar-refractivity contribution in [3.05, 3.63) is 76.3 Å². The monoisotopic (exact) mass is 463 g/mol. The third-order valence-electron chi connectivity index (χ3n) is 5.07. The third-order valence-corrected chi connectivity index (χ3v) is 6.71. The molecule has 0 aliphatic heterocycles. The first kappa shape index (κ1) is 22.1. The molecule has 0 spiro atoms. The molecule has 0 fully saturated rings. The Morgan fingerprint density at radius 3 is 2.62 bits per heavy atom. The standard InChI is InChI=1S/C24H20ClFN5P/c1-14-22(25)24(29-13-17-10-15(11-27)4-6-18(17)26)23-20(30-14)8-7-19(31-23)16-5-9-21(28-12-16)32(2)3/h4-10,12H,13H2,1-3H3,(H,29,30). The molecule has 160 valence electrons. The van der Waals surface area contributed by atoms with Gasteiger partial charge in [-0.3, -0.25) is 4.98 Å². The second-order valence-electron chi connectivity index (χ2n) is 7.52. The molecule has 1 N–H and O–H groups in total. The predicted molar refractivity (Wildman–Crippen MR) is 129 cm³/mol. The molecule has 0 aliphatic carbocycles. The van der Waals surface area contributed by atoms with Crippen molar-refractivity contribution >= 4 is 41.7 Å². The second-order valence-corrected chi connectivity index (χ2v) is 10.1. The fourth-order valence-electron chi connectivity index (χ4n) is 3.33. The number of nitriles is 1. The number of halogens is 2. The van der Waals surface area contributed by atoms with Gasteiger partial charge in [-0.15, -0.1) is 0 Å². The number of hydrogen-bond acceptors (Lipinski definition) is 5. The predicted octanol–water partition coefficient (Wildman–Crippen LogP) is 5.64. The zero-order valence-electron chi connectivity index (χ0n) is 17.8. The van der Waals surface area contributed by atoms with Crippen molar-refractivity contribution in [2.75, 3.05) is 18.6 Å². The number of rotatable bonds is 5. The molecule has 3 aromatic heterocycles. The Bertz CT molecular complexity index is 1350. The van der Waals surface area contributed by atoms with Crippen molar-refractivity contribution in [2.24, 2.45) is 0 Å². The number of aryl methyl sites for hydroxylation is 1. The first-order chi connectivity index (χ1) is 15.4. The van der Waals surface area contributed by atoms with Crippen LogP contribution in [-0.2, 0) is 6.54 Å². The highest BCUT2D eigenvalue weighted by Gasteiger charge is 2.15. The largest absolute Gasteiger partial charge is 0.378 e. The van der Waals surface area contributed by atoms with Crippen LogP contribution in [0.2, 0.25) is 5.02 Å². The molecule has 0 aliphatic rings. The lowest BCUT2D eigenvalue weighted by molar-refractivity contribution is 0.613. The number of fused-ring (bicyclic) bond motifs is 1. The summed E-state index contributed by atoms with van der Waals surface area (Å²) >= 11 is 6.57. The minimum atomic E-state index is -0.394. The number of aromatic nitrogens is 3. The molecule has 0 saturated heterocycles. The number of nitrogens with zero attached hydrogens (tertiary/aromatic N) is 4. The van der Waals surface area contributed by atoms with Gasteiger partial charge in [-0.25, -0.2) is 14.4 Å². The van der Waals surface area contributed by atoms with Gasteiger partial charge in [0.25, 0.3) is 0 Å². The molecule has 0 radical (unpaired) electrons. The Labute approximate surface area is 192 Å². The van der Waals surface area contributed by atoms with Gasteiger partial charge in [0.05, 0.1) is 44.7 Å². The number of anilines is 1. The van der Waals surface area contributed by atoms with E-state index in [1.165, 1.54) is 18.2 Å². The summed E-state index contributed by atoms with van der Waals surface area (Å²) < 4.78 is 14.3. The minimum Gasteiger partial charge on any atom is -0.378 e. The molecular weight excluding hydrogens is 444 g/mol. The maximum absolute atomic E-state index is 14.3. The van der Waals surface area contributed by atoms with E-state index in [9.17, 15) is 4.39 Å². The highest BCUT2D eigenvalue weighted by atomic mass is 35.5. The van der Waals surface area contributed by atoms with Crippen LogP contribution in [0.25, 0.3) is 22.3 Å². The van der Waals surface area contributed by atoms with Crippen molar-refractivity contribution in [1.82, 2.24) is 15.0 Å². The van der Waals surface area contributed by atoms with Gasteiger partial charge in [-0.2, -0.15) is 5.26 Å². The Hall–Kier alpha value is -3.13. The molecule has 32 heavy (non-hydrogen) atoms. The molecule has 8 heteroatoms. The van der Waals surface area contributed by atoms with E-state index < -0.39 is 5.82 Å². The molecule has 3 heterocycles. The average Bonchev–Trinajstić information content (AvgIpc) is 2.80. The lowest BCUT2D eigenvalue weighted by Crippen LogP contribution is -2.06. The summed E-state index contributed by atoms with van der Waals surface area (Å²) in [6.07, 6.45) is 1.82. The highest BCUT2D eigenvalue weighted by molar-refractivity contribution is 7.63. The van der Waals surface area contributed by atoms with Crippen LogP contribution in [0.3, 0.4) is 0 Å². The SMILES string of the molecule is Cc1nc2ccc(-c3ccc(P(C)C)nc3)nc2c(NCc2cc(C#N)ccc2F)c1Cl. The van der Waals surface area contributed by atoms with Crippen molar-refractivity contribution in [3.63, 3.8) is 0 Å². The first-order valence-corrected chi connectivity index (χ1v) is 12.5. The van der Waals surface area contributed by atoms with Gasteiger partial charge in [0.1, 0.15) is 11.3 Å². The summed E-state index contributed by atoms with van der Waals surface area (Å²) in [4.78, 5) is 13.9. The lowest BCUT2D eigenvalue weighted by Gasteiger charge is -2.14. The highest BCUT2D eigenvalue weighted by Crippen LogP contribution is 2.33. The van der Waals surface area contributed by atoms with E-state index in [1.54, 1.807) is 0 Å². The van der Waals surface area contributed by atoms with Crippen LogP contribution in [-0.4, -0.2) is 28.3 Å². The molecule has 1 aromatic carbocycles. The third kappa shape index (κ3) is 4.41. The Balaban J connectivity index is 1.75. The van der Waals surface area contributed by atoms with Crippen LogP contribution in [0.5, 0.6) is 0 Å². The summed E-state index contributed by atoms with van der Waals surface area (Å²) in [5.74, 6) is -0.394. The van der Waals surface area contributed by atoms with E-state index in [0.29, 0.717) is 38.6 Å². The number of benzene rings is 1. The first-order valence-electron chi connectivity index (χ1n) is 9.90. The summed E-state index contributed by atoms with van der Waals surface area (Å²) in [6, 6.07) is 14.1. The smallest absolute Gasteiger partial charge is 0.128 e. The van der Waals surface area contributed by atoms with Gasteiger partial charge in [0, 0.05) is 23.9 Å². The van der Waals surface area contributed by atoms with Crippen LogP contribution in [0.1, 0.15) is 16.8 Å². The molecule has 5 nitrogen and oxygen atoms in total. The van der Waals surface area contributed by atoms with Gasteiger partial charge < -0.3 is 5.32 Å². The van der Waals surface area contributed by atoms with Crippen molar-refractivity contribution in [2.45, 2.75) is 13.5 Å². The Morgan fingerprint density at radius 2 is 1.94 bits per heavy atom. The topological polar surface area (TPSA) is 74.5 Å². The number of hydrogen-bond donors (Lipinski definition) is 1. The van der Waals surface area contributed by atoms with Crippen LogP contribution in [0.4, 0.5) is 10.1 Å². The summed E-state index contributed by atoms with van der Waals surface area (Å²) in [7, 11) is -0.272. The van der Waals surface area contributed by atoms with E-state index >= 15 is 0 Å². The van der Waals surface area contributed by atoms with Gasteiger partial charge in [0.15, 0.2) is 0 Å². The molecule has 4 rings (SSSR count). The number of pyridine rings is 3. The van der Waals surface area contributed by atoms with E-state index in [2.05, 4.69) is 28.6 Å². The van der Waals surface area contributed by atoms with Crippen LogP contribution in [0, 0.1) is 24.1 Å². The second kappa shape index (κ2) is 9.16. The molecule has 0 amide bonds. The average molecular weight is 464 g/mol. The van der Waals surface area contributed by atoms with Gasteiger partial charge >= 0.3 is 0 Å². The molecular formula is C24H20ClFN5P. The van der Waals surface area contributed by atoms with Gasteiger partial charge in [0.2, 0.25) is 0 Å². The maximum atomic E-state index is 14.3. The van der Waals surface area contributed by atoms with Crippen LogP contribution in [0.15, 0.2) is 48.7 Å². The fourth-order valence-corrected chi connectivity index (χ4v) is 4.19. The Kier molecular flexibility index (Phi) is 6.32. The molecule has 0 atom stereocenters. The van der Waals surface area contributed by atoms with Crippen LogP contribution < -0.4 is 10.8 Å². The van der Waals surface area contributed by atoms with E-state index in [4.69, 9.17) is 21.8 Å². The van der Waals surface area contributed by atoms with E-state index in [1.807, 2.05) is 43.5 Å². The minimum absolute atomic E-state index is 0.151. The summed E-state index contributed by atoms with van der Waals surface area (Å²) in [5, 5.41) is 12.7. The van der Waals surface area contributed by atoms with Gasteiger partial charge in [-0.1, -0.05) is 19.5 Å². The van der Waals surface area contributed by atoms with Crippen molar-refractivity contribution in [1.29, 1.82) is 5.26 Å². The molecule has 0 saturated carbocycles. The normalized spacial score (nSPS) is 11.0. The molecule has 4 aromatic rings. The van der Waals surface area contributed by atoms with Gasteiger partial charge in [-0.05, 0) is 62.7 Å². The summed E-state index contributed by atoms with van der Waals surface area (Å²) in [6.45, 7) is 6.29. The van der Waals surface area contributed by atoms with E-state index in [0.717, 1.165) is 16.7 Å². The van der Waals surface area contributed by atoms with Crippen molar-refractivity contribution in [3.8, 4) is 17.3 Å². The molecule has 0 unspecified atom stereocenters.